The summed E-state index contributed by atoms with van der Waals surface area (Å²) in [6, 6.07) is 7.83. The van der Waals surface area contributed by atoms with Crippen LogP contribution in [-0.2, 0) is 12.8 Å². The number of hydrogen-bond acceptors (Lipinski definition) is 4. The number of H-pyrrole nitrogens is 1. The van der Waals surface area contributed by atoms with E-state index in [-0.39, 0.29) is 5.69 Å². The summed E-state index contributed by atoms with van der Waals surface area (Å²) in [5, 5.41) is 3.13. The van der Waals surface area contributed by atoms with Gasteiger partial charge in [-0.15, -0.1) is 0 Å². The molecule has 0 fully saturated rings. The van der Waals surface area contributed by atoms with Crippen LogP contribution < -0.4 is 15.7 Å². The average Bonchev–Trinajstić information content (AvgIpc) is 2.87. The predicted octanol–water partition coefficient (Wildman–Crippen LogP) is 1.34. The van der Waals surface area contributed by atoms with E-state index in [2.05, 4.69) is 15.3 Å². The molecule has 1 aliphatic rings. The number of para-hydroxylation sites is 1. The maximum atomic E-state index is 11.6. The van der Waals surface area contributed by atoms with Gasteiger partial charge in [0, 0.05) is 24.2 Å². The van der Waals surface area contributed by atoms with Gasteiger partial charge in [0.15, 0.2) is 0 Å². The number of fused-ring (bicyclic) bond motifs is 1. The van der Waals surface area contributed by atoms with Crippen molar-refractivity contribution in [3.8, 4) is 5.75 Å². The maximum absolute atomic E-state index is 11.6. The van der Waals surface area contributed by atoms with Crippen LogP contribution in [0.2, 0.25) is 0 Å². The van der Waals surface area contributed by atoms with Gasteiger partial charge in [0.2, 0.25) is 0 Å². The molecule has 19 heavy (non-hydrogen) atoms. The molecular weight excluding hydrogens is 242 g/mol. The van der Waals surface area contributed by atoms with Crippen molar-refractivity contribution in [2.24, 2.45) is 0 Å². The van der Waals surface area contributed by atoms with E-state index in [9.17, 15) is 4.79 Å². The molecule has 5 nitrogen and oxygen atoms in total. The summed E-state index contributed by atoms with van der Waals surface area (Å²) in [6.45, 7) is 0.832. The average molecular weight is 257 g/mol. The van der Waals surface area contributed by atoms with Gasteiger partial charge in [0.25, 0.3) is 0 Å². The molecule has 1 aromatic carbocycles. The lowest BCUT2D eigenvalue weighted by Gasteiger charge is -2.10. The number of hydrogen-bond donors (Lipinski definition) is 2. The molecule has 98 valence electrons. The van der Waals surface area contributed by atoms with Crippen molar-refractivity contribution in [1.82, 2.24) is 9.97 Å². The molecule has 1 aliphatic heterocycles. The van der Waals surface area contributed by atoms with E-state index < -0.39 is 0 Å². The fraction of sp³-hybridized carbons (Fsp3) is 0.286. The molecule has 0 aliphatic carbocycles. The van der Waals surface area contributed by atoms with Crippen molar-refractivity contribution in [3.05, 3.63) is 51.6 Å². The van der Waals surface area contributed by atoms with Crippen LogP contribution in [0, 0.1) is 0 Å². The quantitative estimate of drug-likeness (QED) is 0.870. The third kappa shape index (κ3) is 2.19. The highest BCUT2D eigenvalue weighted by Crippen LogP contribution is 2.25. The SMILES string of the molecule is COc1ccccc1Cc1[nH]c(=O)nc2c1CCN2. The third-order valence-electron chi connectivity index (χ3n) is 3.35. The van der Waals surface area contributed by atoms with Crippen LogP contribution in [0.5, 0.6) is 5.75 Å². The Morgan fingerprint density at radius 1 is 1.37 bits per heavy atom. The number of anilines is 1. The van der Waals surface area contributed by atoms with Crippen molar-refractivity contribution < 1.29 is 4.74 Å². The number of nitrogens with one attached hydrogen (secondary N) is 2. The lowest BCUT2D eigenvalue weighted by atomic mass is 10.0. The van der Waals surface area contributed by atoms with Crippen LogP contribution in [0.15, 0.2) is 29.1 Å². The van der Waals surface area contributed by atoms with E-state index in [1.165, 1.54) is 0 Å². The Morgan fingerprint density at radius 2 is 2.21 bits per heavy atom. The van der Waals surface area contributed by atoms with Gasteiger partial charge in [-0.2, -0.15) is 4.98 Å². The fourth-order valence-electron chi connectivity index (χ4n) is 2.46. The highest BCUT2D eigenvalue weighted by Gasteiger charge is 2.18. The highest BCUT2D eigenvalue weighted by atomic mass is 16.5. The van der Waals surface area contributed by atoms with Crippen molar-refractivity contribution in [2.75, 3.05) is 19.0 Å². The molecule has 2 aromatic rings. The second-order valence-corrected chi connectivity index (χ2v) is 4.51. The minimum Gasteiger partial charge on any atom is -0.496 e. The van der Waals surface area contributed by atoms with Gasteiger partial charge in [-0.3, -0.25) is 0 Å². The van der Waals surface area contributed by atoms with E-state index in [1.807, 2.05) is 24.3 Å². The van der Waals surface area contributed by atoms with E-state index in [1.54, 1.807) is 7.11 Å². The first kappa shape index (κ1) is 11.8. The number of ether oxygens (including phenoxy) is 1. The molecule has 0 atom stereocenters. The Kier molecular flexibility index (Phi) is 2.95. The molecule has 0 saturated carbocycles. The molecule has 0 amide bonds. The summed E-state index contributed by atoms with van der Waals surface area (Å²) in [7, 11) is 1.65. The van der Waals surface area contributed by atoms with Gasteiger partial charge < -0.3 is 15.0 Å². The summed E-state index contributed by atoms with van der Waals surface area (Å²) >= 11 is 0. The summed E-state index contributed by atoms with van der Waals surface area (Å²) in [5.41, 5.74) is 2.77. The van der Waals surface area contributed by atoms with E-state index in [0.717, 1.165) is 35.5 Å². The molecule has 1 aromatic heterocycles. The zero-order valence-electron chi connectivity index (χ0n) is 10.7. The molecule has 5 heteroatoms. The first-order valence-electron chi connectivity index (χ1n) is 6.26. The van der Waals surface area contributed by atoms with Gasteiger partial charge >= 0.3 is 5.69 Å². The number of aromatic nitrogens is 2. The summed E-state index contributed by atoms with van der Waals surface area (Å²) < 4.78 is 5.34. The van der Waals surface area contributed by atoms with Gasteiger partial charge in [-0.25, -0.2) is 4.79 Å². The van der Waals surface area contributed by atoms with Crippen molar-refractivity contribution in [2.45, 2.75) is 12.8 Å². The normalized spacial score (nSPS) is 12.9. The largest absolute Gasteiger partial charge is 0.496 e. The monoisotopic (exact) mass is 257 g/mol. The van der Waals surface area contributed by atoms with E-state index >= 15 is 0 Å². The van der Waals surface area contributed by atoms with Crippen LogP contribution in [0.4, 0.5) is 5.82 Å². The molecule has 0 spiro atoms. The first-order chi connectivity index (χ1) is 9.28. The zero-order chi connectivity index (χ0) is 13.2. The molecular formula is C14H15N3O2. The van der Waals surface area contributed by atoms with Gasteiger partial charge in [0.05, 0.1) is 7.11 Å². The molecule has 0 radical (unpaired) electrons. The molecule has 0 unspecified atom stereocenters. The Bertz CT molecular complexity index is 664. The fourth-order valence-corrected chi connectivity index (χ4v) is 2.46. The number of aromatic amines is 1. The lowest BCUT2D eigenvalue weighted by molar-refractivity contribution is 0.410. The molecule has 2 N–H and O–H groups in total. The van der Waals surface area contributed by atoms with Crippen LogP contribution >= 0.6 is 0 Å². The summed E-state index contributed by atoms with van der Waals surface area (Å²) in [4.78, 5) is 18.3. The number of nitrogens with zero attached hydrogens (tertiary/aromatic N) is 1. The first-order valence-corrected chi connectivity index (χ1v) is 6.26. The van der Waals surface area contributed by atoms with E-state index in [4.69, 9.17) is 4.74 Å². The minimum atomic E-state index is -0.307. The lowest BCUT2D eigenvalue weighted by Crippen LogP contribution is -2.16. The summed E-state index contributed by atoms with van der Waals surface area (Å²) in [6.07, 6.45) is 1.54. The van der Waals surface area contributed by atoms with Crippen molar-refractivity contribution in [3.63, 3.8) is 0 Å². The highest BCUT2D eigenvalue weighted by molar-refractivity contribution is 5.52. The van der Waals surface area contributed by atoms with Crippen molar-refractivity contribution in [1.29, 1.82) is 0 Å². The molecule has 3 rings (SSSR count). The van der Waals surface area contributed by atoms with Crippen LogP contribution in [0.1, 0.15) is 16.8 Å². The standard InChI is InChI=1S/C14H15N3O2/c1-19-12-5-3-2-4-9(12)8-11-10-6-7-15-13(10)17-14(18)16-11/h2-5H,6-8H2,1H3,(H2,15,16,17,18). The maximum Gasteiger partial charge on any atom is 0.347 e. The second kappa shape index (κ2) is 4.76. The van der Waals surface area contributed by atoms with Crippen LogP contribution in [0.25, 0.3) is 0 Å². The minimum absolute atomic E-state index is 0.307. The Hall–Kier alpha value is -2.30. The molecule has 0 bridgehead atoms. The second-order valence-electron chi connectivity index (χ2n) is 4.51. The smallest absolute Gasteiger partial charge is 0.347 e. The number of methoxy groups -OCH3 is 1. The zero-order valence-corrected chi connectivity index (χ0v) is 10.7. The molecule has 2 heterocycles. The van der Waals surface area contributed by atoms with Gasteiger partial charge in [-0.05, 0) is 18.1 Å². The van der Waals surface area contributed by atoms with Gasteiger partial charge in [-0.1, -0.05) is 18.2 Å². The predicted molar refractivity (Wildman–Crippen MR) is 72.9 cm³/mol. The third-order valence-corrected chi connectivity index (χ3v) is 3.35. The van der Waals surface area contributed by atoms with Crippen LogP contribution in [-0.4, -0.2) is 23.6 Å². The topological polar surface area (TPSA) is 67.0 Å². The van der Waals surface area contributed by atoms with E-state index in [0.29, 0.717) is 12.2 Å². The summed E-state index contributed by atoms with van der Waals surface area (Å²) in [5.74, 6) is 1.55. The Balaban J connectivity index is 2.02. The van der Waals surface area contributed by atoms with Crippen molar-refractivity contribution >= 4 is 5.82 Å². The van der Waals surface area contributed by atoms with Gasteiger partial charge in [0.1, 0.15) is 11.6 Å². The Labute approximate surface area is 110 Å². The van der Waals surface area contributed by atoms with Crippen LogP contribution in [0.3, 0.4) is 0 Å². The molecule has 0 saturated heterocycles. The number of benzene rings is 1. The number of rotatable bonds is 3. The Morgan fingerprint density at radius 3 is 3.05 bits per heavy atom.